The molecule has 92 valence electrons. The molecule has 3 N–H and O–H groups in total. The van der Waals surface area contributed by atoms with Crippen LogP contribution in [0.25, 0.3) is 0 Å². The molecule has 0 radical (unpaired) electrons. The predicted octanol–water partition coefficient (Wildman–Crippen LogP) is 1.85. The van der Waals surface area contributed by atoms with Gasteiger partial charge < -0.3 is 11.1 Å². The number of nitrogens with one attached hydrogen (secondary N) is 1. The second-order valence-electron chi connectivity index (χ2n) is 3.57. The highest BCUT2D eigenvalue weighted by Crippen LogP contribution is 2.36. The van der Waals surface area contributed by atoms with Gasteiger partial charge in [0.25, 0.3) is 0 Å². The molecule has 2 unspecified atom stereocenters. The summed E-state index contributed by atoms with van der Waals surface area (Å²) in [5, 5.41) is 1.29. The van der Waals surface area contributed by atoms with Crippen molar-refractivity contribution < 1.29 is 18.0 Å². The van der Waals surface area contributed by atoms with Crippen LogP contribution in [0.4, 0.5) is 13.2 Å². The Labute approximate surface area is 99.6 Å². The number of hydrogen-bond acceptors (Lipinski definition) is 3. The summed E-state index contributed by atoms with van der Waals surface area (Å²) in [6, 6.07) is 4.86. The molecule has 1 aromatic carbocycles. The number of thioether (sulfide) groups is 1. The molecular weight excluding hydrogens is 253 g/mol. The van der Waals surface area contributed by atoms with E-state index >= 15 is 0 Å². The first-order valence-electron chi connectivity index (χ1n) is 4.76. The van der Waals surface area contributed by atoms with Crippen LogP contribution in [0.1, 0.15) is 16.5 Å². The molecule has 7 heteroatoms. The van der Waals surface area contributed by atoms with Crippen LogP contribution in [-0.4, -0.2) is 11.3 Å². The lowest BCUT2D eigenvalue weighted by Gasteiger charge is -2.12. The fourth-order valence-corrected chi connectivity index (χ4v) is 2.47. The zero-order chi connectivity index (χ0) is 12.6. The maximum atomic E-state index is 12.5. The zero-order valence-corrected chi connectivity index (χ0v) is 9.31. The van der Waals surface area contributed by atoms with Crippen LogP contribution in [0.15, 0.2) is 24.3 Å². The third kappa shape index (κ3) is 2.55. The fraction of sp³-hybridized carbons (Fsp3) is 0.300. The lowest BCUT2D eigenvalue weighted by molar-refractivity contribution is -0.137. The Morgan fingerprint density at radius 3 is 2.59 bits per heavy atom. The van der Waals surface area contributed by atoms with Gasteiger partial charge in [0.05, 0.1) is 5.56 Å². The maximum absolute atomic E-state index is 12.5. The van der Waals surface area contributed by atoms with Gasteiger partial charge in [0.2, 0.25) is 5.91 Å². The predicted molar refractivity (Wildman–Crippen MR) is 57.9 cm³/mol. The van der Waals surface area contributed by atoms with E-state index in [9.17, 15) is 18.0 Å². The molecule has 3 nitrogen and oxygen atoms in total. The average Bonchev–Trinajstić information content (AvgIpc) is 2.58. The van der Waals surface area contributed by atoms with Crippen LogP contribution in [0.2, 0.25) is 0 Å². The van der Waals surface area contributed by atoms with E-state index in [0.717, 1.165) is 23.9 Å². The van der Waals surface area contributed by atoms with Crippen molar-refractivity contribution in [1.29, 1.82) is 0 Å². The summed E-state index contributed by atoms with van der Waals surface area (Å²) >= 11 is 1.10. The third-order valence-corrected chi connectivity index (χ3v) is 3.50. The summed E-state index contributed by atoms with van der Waals surface area (Å²) in [5.41, 5.74) is 5.12. The number of alkyl halides is 3. The van der Waals surface area contributed by atoms with Gasteiger partial charge in [-0.25, -0.2) is 0 Å². The third-order valence-electron chi connectivity index (χ3n) is 2.33. The highest BCUT2D eigenvalue weighted by Gasteiger charge is 2.34. The molecule has 1 aliphatic rings. The summed E-state index contributed by atoms with van der Waals surface area (Å²) < 4.78 is 37.5. The number of carbonyl (C=O) groups excluding carboxylic acids is 1. The fourth-order valence-electron chi connectivity index (χ4n) is 1.49. The van der Waals surface area contributed by atoms with Gasteiger partial charge in [-0.3, -0.25) is 4.79 Å². The van der Waals surface area contributed by atoms with E-state index in [2.05, 4.69) is 5.32 Å². The highest BCUT2D eigenvalue weighted by atomic mass is 32.2. The topological polar surface area (TPSA) is 55.1 Å². The zero-order valence-electron chi connectivity index (χ0n) is 8.49. The number of rotatable bonds is 1. The van der Waals surface area contributed by atoms with Crippen molar-refractivity contribution in [2.24, 2.45) is 5.73 Å². The number of carbonyl (C=O) groups is 1. The van der Waals surface area contributed by atoms with Gasteiger partial charge in [0.15, 0.2) is 0 Å². The van der Waals surface area contributed by atoms with Gasteiger partial charge in [-0.2, -0.15) is 13.2 Å². The van der Waals surface area contributed by atoms with Crippen LogP contribution < -0.4 is 11.1 Å². The number of benzene rings is 1. The van der Waals surface area contributed by atoms with Gasteiger partial charge in [-0.1, -0.05) is 12.1 Å². The van der Waals surface area contributed by atoms with E-state index in [-0.39, 0.29) is 5.91 Å². The molecule has 1 aromatic rings. The molecule has 1 aliphatic heterocycles. The monoisotopic (exact) mass is 262 g/mol. The Balaban J connectivity index is 2.26. The number of halogens is 3. The lowest BCUT2D eigenvalue weighted by Crippen LogP contribution is -2.29. The average molecular weight is 262 g/mol. The quantitative estimate of drug-likeness (QED) is 0.812. The molecule has 2 atom stereocenters. The largest absolute Gasteiger partial charge is 0.416 e. The van der Waals surface area contributed by atoms with Gasteiger partial charge in [0, 0.05) is 0 Å². The lowest BCUT2D eigenvalue weighted by atomic mass is 10.1. The van der Waals surface area contributed by atoms with Crippen molar-refractivity contribution in [2.75, 3.05) is 0 Å². The Morgan fingerprint density at radius 2 is 2.06 bits per heavy atom. The Hall–Kier alpha value is -1.21. The molecule has 2 rings (SSSR count). The number of hydrogen-bond donors (Lipinski definition) is 2. The standard InChI is InChI=1S/C10H9F3N2OS/c11-10(12,13)6-3-1-2-5(4-6)9-15-8(16)7(14)17-9/h1-4,7,9H,14H2,(H,15,16). The minimum absolute atomic E-state index is 0.364. The smallest absolute Gasteiger partial charge is 0.338 e. The molecule has 0 aromatic heterocycles. The van der Waals surface area contributed by atoms with Gasteiger partial charge in [-0.05, 0) is 17.7 Å². The van der Waals surface area contributed by atoms with E-state index in [1.54, 1.807) is 0 Å². The van der Waals surface area contributed by atoms with Gasteiger partial charge in [-0.15, -0.1) is 11.8 Å². The van der Waals surface area contributed by atoms with Crippen molar-refractivity contribution in [2.45, 2.75) is 16.9 Å². The molecule has 0 aliphatic carbocycles. The van der Waals surface area contributed by atoms with Crippen molar-refractivity contribution >= 4 is 17.7 Å². The summed E-state index contributed by atoms with van der Waals surface area (Å²) in [7, 11) is 0. The van der Waals surface area contributed by atoms with E-state index < -0.39 is 22.5 Å². The Morgan fingerprint density at radius 1 is 1.35 bits per heavy atom. The molecule has 1 fully saturated rings. The van der Waals surface area contributed by atoms with Crippen molar-refractivity contribution in [3.8, 4) is 0 Å². The summed E-state index contributed by atoms with van der Waals surface area (Å²) in [4.78, 5) is 11.2. The van der Waals surface area contributed by atoms with Crippen molar-refractivity contribution in [3.05, 3.63) is 35.4 Å². The van der Waals surface area contributed by atoms with Crippen LogP contribution in [-0.2, 0) is 11.0 Å². The Bertz CT molecular complexity index is 449. The number of nitrogens with two attached hydrogens (primary N) is 1. The van der Waals surface area contributed by atoms with Gasteiger partial charge >= 0.3 is 6.18 Å². The SMILES string of the molecule is NC1SC(c2cccc(C(F)(F)F)c2)NC1=O. The molecule has 1 saturated heterocycles. The van der Waals surface area contributed by atoms with Crippen LogP contribution in [0.5, 0.6) is 0 Å². The maximum Gasteiger partial charge on any atom is 0.416 e. The molecular formula is C10H9F3N2OS. The Kier molecular flexibility index (Phi) is 3.05. The highest BCUT2D eigenvalue weighted by molar-refractivity contribution is 8.01. The minimum atomic E-state index is -4.38. The molecule has 1 amide bonds. The summed E-state index contributed by atoms with van der Waals surface area (Å²) in [6.07, 6.45) is -4.38. The normalized spacial score (nSPS) is 24.8. The van der Waals surface area contributed by atoms with Crippen LogP contribution >= 0.6 is 11.8 Å². The van der Waals surface area contributed by atoms with Crippen molar-refractivity contribution in [1.82, 2.24) is 5.32 Å². The van der Waals surface area contributed by atoms with Crippen LogP contribution in [0, 0.1) is 0 Å². The van der Waals surface area contributed by atoms with E-state index in [1.807, 2.05) is 0 Å². The van der Waals surface area contributed by atoms with E-state index in [4.69, 9.17) is 5.73 Å². The molecule has 0 spiro atoms. The van der Waals surface area contributed by atoms with E-state index in [1.165, 1.54) is 12.1 Å². The molecule has 0 saturated carbocycles. The first-order valence-corrected chi connectivity index (χ1v) is 5.71. The molecule has 0 bridgehead atoms. The van der Waals surface area contributed by atoms with Crippen LogP contribution in [0.3, 0.4) is 0 Å². The summed E-state index contributed by atoms with van der Waals surface area (Å²) in [6.45, 7) is 0. The molecule has 1 heterocycles. The van der Waals surface area contributed by atoms with Gasteiger partial charge in [0.1, 0.15) is 10.7 Å². The van der Waals surface area contributed by atoms with E-state index in [0.29, 0.717) is 5.56 Å². The molecule has 17 heavy (non-hydrogen) atoms. The first-order chi connectivity index (χ1) is 7.88. The second kappa shape index (κ2) is 4.23. The van der Waals surface area contributed by atoms with Crippen molar-refractivity contribution in [3.63, 3.8) is 0 Å². The number of amides is 1. The first kappa shape index (κ1) is 12.3. The minimum Gasteiger partial charge on any atom is -0.338 e. The summed E-state index contributed by atoms with van der Waals surface area (Å²) in [5.74, 6) is -0.364. The second-order valence-corrected chi connectivity index (χ2v) is 4.82.